The molecule has 0 fully saturated rings. The summed E-state index contributed by atoms with van der Waals surface area (Å²) in [5, 5.41) is 7.88. The first-order valence-electron chi connectivity index (χ1n) is 5.61. The van der Waals surface area contributed by atoms with Gasteiger partial charge in [0.05, 0.1) is 16.3 Å². The molecule has 19 heavy (non-hydrogen) atoms. The summed E-state index contributed by atoms with van der Waals surface area (Å²) in [6.07, 6.45) is 0. The van der Waals surface area contributed by atoms with E-state index in [9.17, 15) is 13.2 Å². The van der Waals surface area contributed by atoms with Crippen molar-refractivity contribution in [2.45, 2.75) is 24.8 Å². The van der Waals surface area contributed by atoms with Gasteiger partial charge in [0.15, 0.2) is 0 Å². The number of hydrogen-bond acceptors (Lipinski definition) is 5. The molecule has 0 spiro atoms. The molecule has 0 aliphatic heterocycles. The summed E-state index contributed by atoms with van der Waals surface area (Å²) >= 11 is 0. The first-order valence-corrected chi connectivity index (χ1v) is 7.15. The van der Waals surface area contributed by atoms with Crippen molar-refractivity contribution < 1.29 is 13.2 Å². The van der Waals surface area contributed by atoms with Crippen LogP contribution >= 0.6 is 0 Å². The second-order valence-corrected chi connectivity index (χ2v) is 6.12. The second-order valence-electron chi connectivity index (χ2n) is 4.56. The summed E-state index contributed by atoms with van der Waals surface area (Å²) in [6, 6.07) is 3.33. The molecule has 7 N–H and O–H groups in total. The normalized spacial score (nSPS) is 13.3. The van der Waals surface area contributed by atoms with Crippen LogP contribution in [-0.4, -0.2) is 20.4 Å². The fourth-order valence-corrected chi connectivity index (χ4v) is 2.11. The first kappa shape index (κ1) is 15.3. The van der Waals surface area contributed by atoms with Crippen molar-refractivity contribution >= 4 is 27.3 Å². The minimum absolute atomic E-state index is 0.0740. The molecule has 7 nitrogen and oxygen atoms in total. The highest BCUT2D eigenvalue weighted by Crippen LogP contribution is 2.24. The zero-order valence-electron chi connectivity index (χ0n) is 10.8. The summed E-state index contributed by atoms with van der Waals surface area (Å²) in [6.45, 7) is 3.62. The van der Waals surface area contributed by atoms with E-state index in [2.05, 4.69) is 5.32 Å². The lowest BCUT2D eigenvalue weighted by Gasteiger charge is -2.21. The van der Waals surface area contributed by atoms with Gasteiger partial charge in [0, 0.05) is 0 Å². The molecule has 0 aliphatic carbocycles. The maximum absolute atomic E-state index is 11.3. The minimum atomic E-state index is -3.83. The summed E-state index contributed by atoms with van der Waals surface area (Å²) in [5.41, 5.74) is 11.6. The van der Waals surface area contributed by atoms with Gasteiger partial charge in [0.2, 0.25) is 15.9 Å². The Balaban J connectivity index is 3.16. The topological polar surface area (TPSA) is 141 Å². The summed E-state index contributed by atoms with van der Waals surface area (Å²) in [5.74, 6) is -0.620. The van der Waals surface area contributed by atoms with E-state index < -0.39 is 22.0 Å². The summed E-state index contributed by atoms with van der Waals surface area (Å²) < 4.78 is 22.5. The molecule has 0 radical (unpaired) electrons. The van der Waals surface area contributed by atoms with E-state index in [1.54, 1.807) is 0 Å². The Morgan fingerprint density at radius 1 is 1.32 bits per heavy atom. The van der Waals surface area contributed by atoms with E-state index in [1.807, 2.05) is 13.8 Å². The van der Waals surface area contributed by atoms with Crippen LogP contribution in [0.25, 0.3) is 0 Å². The Kier molecular flexibility index (Phi) is 4.38. The Bertz CT molecular complexity index is 584. The van der Waals surface area contributed by atoms with Gasteiger partial charge in [-0.25, -0.2) is 13.6 Å². The van der Waals surface area contributed by atoms with E-state index in [0.29, 0.717) is 11.4 Å². The lowest BCUT2D eigenvalue weighted by molar-refractivity contribution is -0.119. The number of rotatable bonds is 5. The molecular weight excluding hydrogens is 268 g/mol. The van der Waals surface area contributed by atoms with Crippen LogP contribution in [0.5, 0.6) is 0 Å². The number of carbonyl (C=O) groups is 1. The summed E-state index contributed by atoms with van der Waals surface area (Å²) in [7, 11) is -3.83. The number of hydrogen-bond donors (Lipinski definition) is 4. The second kappa shape index (κ2) is 5.45. The fraction of sp³-hybridized carbons (Fsp3) is 0.364. The standard InChI is InChI=1S/C11H18N4O3S/c1-6(2)10(11(13)16)15-9-5-7(19(14,17)18)3-4-8(9)12/h3-6,10,15H,12H2,1-2H3,(H2,13,16)(H2,14,17,18). The van der Waals surface area contributed by atoms with Crippen LogP contribution in [0.2, 0.25) is 0 Å². The Morgan fingerprint density at radius 3 is 2.32 bits per heavy atom. The molecule has 0 bridgehead atoms. The molecule has 1 rings (SSSR count). The van der Waals surface area contributed by atoms with Gasteiger partial charge in [-0.3, -0.25) is 4.79 Å². The monoisotopic (exact) mass is 286 g/mol. The fourth-order valence-electron chi connectivity index (χ4n) is 1.57. The third kappa shape index (κ3) is 3.83. The zero-order valence-corrected chi connectivity index (χ0v) is 11.6. The number of primary sulfonamides is 1. The average molecular weight is 286 g/mol. The molecule has 1 atom stereocenters. The molecule has 1 unspecified atom stereocenters. The molecule has 1 aromatic carbocycles. The van der Waals surface area contributed by atoms with Crippen LogP contribution in [0.4, 0.5) is 11.4 Å². The van der Waals surface area contributed by atoms with Crippen LogP contribution in [0, 0.1) is 5.92 Å². The van der Waals surface area contributed by atoms with Crippen LogP contribution in [-0.2, 0) is 14.8 Å². The van der Waals surface area contributed by atoms with E-state index in [-0.39, 0.29) is 10.8 Å². The van der Waals surface area contributed by atoms with E-state index >= 15 is 0 Å². The van der Waals surface area contributed by atoms with Gasteiger partial charge in [0.25, 0.3) is 0 Å². The number of nitrogens with two attached hydrogens (primary N) is 3. The lowest BCUT2D eigenvalue weighted by atomic mass is 10.0. The number of primary amides is 1. The summed E-state index contributed by atoms with van der Waals surface area (Å²) in [4.78, 5) is 11.2. The largest absolute Gasteiger partial charge is 0.397 e. The number of sulfonamides is 1. The quantitative estimate of drug-likeness (QED) is 0.556. The molecule has 0 saturated carbocycles. The highest BCUT2D eigenvalue weighted by atomic mass is 32.2. The van der Waals surface area contributed by atoms with Crippen LogP contribution < -0.4 is 21.9 Å². The predicted molar refractivity (Wildman–Crippen MR) is 73.7 cm³/mol. The smallest absolute Gasteiger partial charge is 0.240 e. The number of carbonyl (C=O) groups excluding carboxylic acids is 1. The highest BCUT2D eigenvalue weighted by molar-refractivity contribution is 7.89. The van der Waals surface area contributed by atoms with Crippen molar-refractivity contribution in [1.29, 1.82) is 0 Å². The van der Waals surface area contributed by atoms with E-state index in [1.165, 1.54) is 18.2 Å². The van der Waals surface area contributed by atoms with Gasteiger partial charge in [-0.1, -0.05) is 13.8 Å². The maximum Gasteiger partial charge on any atom is 0.240 e. The van der Waals surface area contributed by atoms with Gasteiger partial charge in [0.1, 0.15) is 6.04 Å². The number of anilines is 2. The zero-order chi connectivity index (χ0) is 14.8. The van der Waals surface area contributed by atoms with Gasteiger partial charge in [-0.15, -0.1) is 0 Å². The van der Waals surface area contributed by atoms with Crippen LogP contribution in [0.1, 0.15) is 13.8 Å². The lowest BCUT2D eigenvalue weighted by Crippen LogP contribution is -2.39. The molecule has 106 valence electrons. The van der Waals surface area contributed by atoms with Crippen LogP contribution in [0.15, 0.2) is 23.1 Å². The predicted octanol–water partition coefficient (Wildman–Crippen LogP) is -0.162. The van der Waals surface area contributed by atoms with Crippen molar-refractivity contribution in [2.75, 3.05) is 11.1 Å². The highest BCUT2D eigenvalue weighted by Gasteiger charge is 2.21. The average Bonchev–Trinajstić information content (AvgIpc) is 2.25. The maximum atomic E-state index is 11.3. The molecule has 8 heteroatoms. The third-order valence-corrected chi connectivity index (χ3v) is 3.55. The van der Waals surface area contributed by atoms with E-state index in [4.69, 9.17) is 16.6 Å². The molecule has 0 heterocycles. The van der Waals surface area contributed by atoms with Gasteiger partial charge in [-0.2, -0.15) is 0 Å². The number of nitrogen functional groups attached to an aromatic ring is 1. The van der Waals surface area contributed by atoms with Crippen LogP contribution in [0.3, 0.4) is 0 Å². The van der Waals surface area contributed by atoms with Gasteiger partial charge >= 0.3 is 0 Å². The van der Waals surface area contributed by atoms with Gasteiger partial charge < -0.3 is 16.8 Å². The Hall–Kier alpha value is -1.80. The van der Waals surface area contributed by atoms with E-state index in [0.717, 1.165) is 0 Å². The molecular formula is C11H18N4O3S. The third-order valence-electron chi connectivity index (χ3n) is 2.64. The van der Waals surface area contributed by atoms with Crippen molar-refractivity contribution in [1.82, 2.24) is 0 Å². The Labute approximate surface area is 112 Å². The molecule has 1 aromatic rings. The van der Waals surface area contributed by atoms with Crippen molar-refractivity contribution in [2.24, 2.45) is 16.8 Å². The first-order chi connectivity index (χ1) is 8.62. The van der Waals surface area contributed by atoms with Crippen molar-refractivity contribution in [3.05, 3.63) is 18.2 Å². The molecule has 0 saturated heterocycles. The van der Waals surface area contributed by atoms with Crippen molar-refractivity contribution in [3.8, 4) is 0 Å². The molecule has 0 aliphatic rings. The van der Waals surface area contributed by atoms with Gasteiger partial charge in [-0.05, 0) is 24.1 Å². The number of amides is 1. The number of nitrogens with one attached hydrogen (secondary N) is 1. The molecule has 1 amide bonds. The van der Waals surface area contributed by atoms with Crippen molar-refractivity contribution in [3.63, 3.8) is 0 Å². The minimum Gasteiger partial charge on any atom is -0.397 e. The SMILES string of the molecule is CC(C)C(Nc1cc(S(N)(=O)=O)ccc1N)C(N)=O. The Morgan fingerprint density at radius 2 is 1.89 bits per heavy atom. The number of benzene rings is 1. The molecule has 0 aromatic heterocycles.